The van der Waals surface area contributed by atoms with E-state index in [-0.39, 0.29) is 11.7 Å². The number of carbonyl (C=O) groups is 1. The van der Waals surface area contributed by atoms with E-state index in [2.05, 4.69) is 11.9 Å². The number of nitriles is 1. The van der Waals surface area contributed by atoms with Crippen LogP contribution in [0.15, 0.2) is 23.9 Å². The van der Waals surface area contributed by atoms with Crippen LogP contribution in [0.2, 0.25) is 0 Å². The van der Waals surface area contributed by atoms with Crippen molar-refractivity contribution in [3.63, 3.8) is 0 Å². The number of aromatic nitrogens is 2. The van der Waals surface area contributed by atoms with Crippen molar-refractivity contribution < 1.29 is 19.4 Å². The fourth-order valence-corrected chi connectivity index (χ4v) is 2.60. The molecule has 0 unspecified atom stereocenters. The van der Waals surface area contributed by atoms with Crippen molar-refractivity contribution >= 4 is 17.7 Å². The summed E-state index contributed by atoms with van der Waals surface area (Å²) in [6, 6.07) is 5.27. The van der Waals surface area contributed by atoms with Crippen LogP contribution in [0.4, 0.5) is 0 Å². The third kappa shape index (κ3) is 5.23. The molecule has 0 bridgehead atoms. The lowest BCUT2D eigenvalue weighted by molar-refractivity contribution is -0.132. The van der Waals surface area contributed by atoms with Gasteiger partial charge in [0.1, 0.15) is 17.3 Å². The summed E-state index contributed by atoms with van der Waals surface area (Å²) in [6.45, 7) is 6.44. The van der Waals surface area contributed by atoms with E-state index in [4.69, 9.17) is 14.7 Å². The molecule has 0 amide bonds. The monoisotopic (exact) mass is 371 g/mol. The van der Waals surface area contributed by atoms with Crippen LogP contribution in [0.25, 0.3) is 11.7 Å². The summed E-state index contributed by atoms with van der Waals surface area (Å²) in [4.78, 5) is 15.8. The highest BCUT2D eigenvalue weighted by Gasteiger charge is 2.18. The van der Waals surface area contributed by atoms with E-state index in [0.717, 1.165) is 25.7 Å². The lowest BCUT2D eigenvalue weighted by Gasteiger charge is -2.10. The summed E-state index contributed by atoms with van der Waals surface area (Å²) >= 11 is 0. The smallest absolute Gasteiger partial charge is 0.346 e. The summed E-state index contributed by atoms with van der Waals surface area (Å²) < 4.78 is 13.3. The first-order valence-corrected chi connectivity index (χ1v) is 9.13. The molecule has 2 aromatic rings. The van der Waals surface area contributed by atoms with Gasteiger partial charge in [0.15, 0.2) is 11.4 Å². The van der Waals surface area contributed by atoms with Crippen molar-refractivity contribution in [2.45, 2.75) is 52.6 Å². The van der Waals surface area contributed by atoms with Crippen molar-refractivity contribution in [3.8, 4) is 17.7 Å². The van der Waals surface area contributed by atoms with Crippen LogP contribution in [0, 0.1) is 11.3 Å². The highest BCUT2D eigenvalue weighted by Crippen LogP contribution is 2.29. The molecular weight excluding hydrogens is 346 g/mol. The van der Waals surface area contributed by atoms with Gasteiger partial charge < -0.3 is 14.6 Å². The lowest BCUT2D eigenvalue weighted by atomic mass is 10.2. The maximum absolute atomic E-state index is 11.3. The van der Waals surface area contributed by atoms with Gasteiger partial charge in [-0.15, -0.1) is 0 Å². The molecule has 2 heterocycles. The summed E-state index contributed by atoms with van der Waals surface area (Å²) in [6.07, 6.45) is 7.16. The summed E-state index contributed by atoms with van der Waals surface area (Å²) in [5.41, 5.74) is 0.542. The number of carboxylic acid groups (broad SMARTS) is 1. The standard InChI is InChI=1S/C20H25N3O4/c1-4-5-6-7-11-26-19-16(12-15(13-21)20(24)25)23-10-8-9-17(18(23)22-19)27-14(2)3/h8-10,12,14H,4-7,11H2,1-3H3,(H,24,25)/b15-12+. The number of hydrogen-bond donors (Lipinski definition) is 1. The molecule has 0 aliphatic heterocycles. The van der Waals surface area contributed by atoms with E-state index in [9.17, 15) is 9.90 Å². The Labute approximate surface area is 158 Å². The molecule has 27 heavy (non-hydrogen) atoms. The molecule has 2 rings (SSSR count). The third-order valence-corrected chi connectivity index (χ3v) is 3.85. The highest BCUT2D eigenvalue weighted by atomic mass is 16.5. The number of nitrogens with zero attached hydrogens (tertiary/aromatic N) is 3. The molecule has 0 saturated carbocycles. The Bertz CT molecular complexity index is 862. The molecule has 0 atom stereocenters. The van der Waals surface area contributed by atoms with Gasteiger partial charge >= 0.3 is 5.97 Å². The van der Waals surface area contributed by atoms with Crippen LogP contribution in [-0.2, 0) is 4.79 Å². The minimum atomic E-state index is -1.30. The zero-order valence-corrected chi connectivity index (χ0v) is 15.9. The molecule has 7 heteroatoms. The van der Waals surface area contributed by atoms with Crippen LogP contribution in [0.5, 0.6) is 11.6 Å². The van der Waals surface area contributed by atoms with E-state index < -0.39 is 5.97 Å². The van der Waals surface area contributed by atoms with Gasteiger partial charge in [-0.3, -0.25) is 4.40 Å². The third-order valence-electron chi connectivity index (χ3n) is 3.85. The summed E-state index contributed by atoms with van der Waals surface area (Å²) in [5, 5.41) is 18.3. The van der Waals surface area contributed by atoms with Gasteiger partial charge in [0.2, 0.25) is 5.88 Å². The summed E-state index contributed by atoms with van der Waals surface area (Å²) in [7, 11) is 0. The molecule has 0 fully saturated rings. The van der Waals surface area contributed by atoms with Gasteiger partial charge in [-0.1, -0.05) is 26.2 Å². The van der Waals surface area contributed by atoms with E-state index in [1.165, 1.54) is 6.08 Å². The zero-order chi connectivity index (χ0) is 19.8. The average molecular weight is 371 g/mol. The predicted octanol–water partition coefficient (Wildman–Crippen LogP) is 4.07. The molecule has 0 aliphatic rings. The van der Waals surface area contributed by atoms with E-state index >= 15 is 0 Å². The first kappa shape index (κ1) is 20.3. The van der Waals surface area contributed by atoms with E-state index in [1.807, 2.05) is 13.8 Å². The maximum atomic E-state index is 11.3. The predicted molar refractivity (Wildman–Crippen MR) is 102 cm³/mol. The number of unbranched alkanes of at least 4 members (excludes halogenated alkanes) is 3. The topological polar surface area (TPSA) is 96.9 Å². The summed E-state index contributed by atoms with van der Waals surface area (Å²) in [5.74, 6) is -0.437. The zero-order valence-electron chi connectivity index (χ0n) is 15.9. The molecule has 0 aliphatic carbocycles. The van der Waals surface area contributed by atoms with Crippen molar-refractivity contribution in [3.05, 3.63) is 29.6 Å². The fraction of sp³-hybridized carbons (Fsp3) is 0.450. The fourth-order valence-electron chi connectivity index (χ4n) is 2.60. The Morgan fingerprint density at radius 1 is 1.41 bits per heavy atom. The molecule has 2 aromatic heterocycles. The van der Waals surface area contributed by atoms with Gasteiger partial charge in [-0.25, -0.2) is 4.79 Å². The molecule has 144 valence electrons. The molecule has 1 N–H and O–H groups in total. The number of rotatable bonds is 10. The first-order valence-electron chi connectivity index (χ1n) is 9.13. The van der Waals surface area contributed by atoms with Gasteiger partial charge in [0, 0.05) is 6.20 Å². The Morgan fingerprint density at radius 2 is 2.19 bits per heavy atom. The minimum absolute atomic E-state index is 0.0426. The lowest BCUT2D eigenvalue weighted by Crippen LogP contribution is -2.06. The van der Waals surface area contributed by atoms with Crippen LogP contribution in [-0.4, -0.2) is 33.2 Å². The number of aliphatic carboxylic acids is 1. The maximum Gasteiger partial charge on any atom is 0.346 e. The second-order valence-electron chi connectivity index (χ2n) is 6.42. The molecule has 0 radical (unpaired) electrons. The quantitative estimate of drug-likeness (QED) is 0.384. The van der Waals surface area contributed by atoms with Gasteiger partial charge in [-0.2, -0.15) is 10.2 Å². The van der Waals surface area contributed by atoms with E-state index in [1.54, 1.807) is 28.8 Å². The average Bonchev–Trinajstić information content (AvgIpc) is 2.97. The Kier molecular flexibility index (Phi) is 7.24. The number of imidazole rings is 1. The molecular formula is C20H25N3O4. The second-order valence-corrected chi connectivity index (χ2v) is 6.42. The normalized spacial score (nSPS) is 11.6. The van der Waals surface area contributed by atoms with Crippen molar-refractivity contribution in [1.82, 2.24) is 9.38 Å². The Hall–Kier alpha value is -3.01. The molecule has 7 nitrogen and oxygen atoms in total. The highest BCUT2D eigenvalue weighted by molar-refractivity contribution is 5.96. The van der Waals surface area contributed by atoms with Gasteiger partial charge in [0.05, 0.1) is 12.7 Å². The Morgan fingerprint density at radius 3 is 2.81 bits per heavy atom. The molecule has 0 saturated heterocycles. The van der Waals surface area contributed by atoms with Crippen LogP contribution < -0.4 is 9.47 Å². The number of fused-ring (bicyclic) bond motifs is 1. The number of ether oxygens (including phenoxy) is 2. The largest absolute Gasteiger partial charge is 0.487 e. The van der Waals surface area contributed by atoms with Crippen LogP contribution >= 0.6 is 0 Å². The van der Waals surface area contributed by atoms with Gasteiger partial charge in [0.25, 0.3) is 0 Å². The van der Waals surface area contributed by atoms with Crippen molar-refractivity contribution in [2.24, 2.45) is 0 Å². The van der Waals surface area contributed by atoms with Crippen molar-refractivity contribution in [1.29, 1.82) is 5.26 Å². The number of carboxylic acids is 1. The van der Waals surface area contributed by atoms with Crippen molar-refractivity contribution in [2.75, 3.05) is 6.61 Å². The molecule has 0 aromatic carbocycles. The van der Waals surface area contributed by atoms with Crippen LogP contribution in [0.3, 0.4) is 0 Å². The number of hydrogen-bond acceptors (Lipinski definition) is 5. The first-order chi connectivity index (χ1) is 13.0. The van der Waals surface area contributed by atoms with Crippen LogP contribution in [0.1, 0.15) is 52.1 Å². The van der Waals surface area contributed by atoms with E-state index in [0.29, 0.717) is 29.6 Å². The number of pyridine rings is 1. The Balaban J connectivity index is 2.46. The molecule has 0 spiro atoms. The SMILES string of the molecule is CCCCCCOc1nc2c(OC(C)C)cccn2c1/C=C(\C#N)C(=O)O. The second kappa shape index (κ2) is 9.62. The van der Waals surface area contributed by atoms with Gasteiger partial charge in [-0.05, 0) is 38.5 Å². The minimum Gasteiger partial charge on any atom is -0.487 e.